The van der Waals surface area contributed by atoms with Crippen LogP contribution in [-0.4, -0.2) is 15.0 Å². The van der Waals surface area contributed by atoms with Crippen molar-refractivity contribution < 1.29 is 4.74 Å². The predicted molar refractivity (Wildman–Crippen MR) is 114 cm³/mol. The Kier molecular flexibility index (Phi) is 6.42. The largest absolute Gasteiger partial charge is 0.491 e. The van der Waals surface area contributed by atoms with Crippen molar-refractivity contribution in [3.05, 3.63) is 87.9 Å². The molecule has 0 fully saturated rings. The summed E-state index contributed by atoms with van der Waals surface area (Å²) in [7, 11) is 0. The van der Waals surface area contributed by atoms with E-state index < -0.39 is 0 Å². The summed E-state index contributed by atoms with van der Waals surface area (Å²) in [6.45, 7) is 6.83. The molecule has 0 N–H and O–H groups in total. The summed E-state index contributed by atoms with van der Waals surface area (Å²) >= 11 is 12.0. The van der Waals surface area contributed by atoms with E-state index in [1.165, 1.54) is 0 Å². The highest BCUT2D eigenvalue weighted by molar-refractivity contribution is 6.30. The molecule has 3 aromatic rings. The Morgan fingerprint density at radius 1 is 0.929 bits per heavy atom. The topological polar surface area (TPSA) is 39.9 Å². The van der Waals surface area contributed by atoms with E-state index in [2.05, 4.69) is 31.1 Å². The minimum Gasteiger partial charge on any atom is -0.491 e. The van der Waals surface area contributed by atoms with Gasteiger partial charge in [0.1, 0.15) is 12.4 Å². The van der Waals surface area contributed by atoms with Gasteiger partial charge >= 0.3 is 0 Å². The number of hydrogen-bond acceptors (Lipinski definition) is 3. The SMILES string of the molecule is CC(C)(C)C(OCc1ccc(Cl)cc1)=C(Cc1ccc(Cl)cc1)n1ccnn1. The molecule has 0 atom stereocenters. The Labute approximate surface area is 175 Å². The summed E-state index contributed by atoms with van der Waals surface area (Å²) in [5.74, 6) is 0.864. The normalized spacial score (nSPS) is 12.6. The maximum absolute atomic E-state index is 6.34. The van der Waals surface area contributed by atoms with Gasteiger partial charge in [0, 0.05) is 21.9 Å². The van der Waals surface area contributed by atoms with Gasteiger partial charge in [-0.3, -0.25) is 0 Å². The van der Waals surface area contributed by atoms with Crippen molar-refractivity contribution in [3.63, 3.8) is 0 Å². The molecule has 3 rings (SSSR count). The summed E-state index contributed by atoms with van der Waals surface area (Å²) < 4.78 is 8.11. The van der Waals surface area contributed by atoms with Crippen LogP contribution in [0.15, 0.2) is 66.7 Å². The molecule has 1 aromatic heterocycles. The quantitative estimate of drug-likeness (QED) is 0.446. The average molecular weight is 416 g/mol. The minimum absolute atomic E-state index is 0.222. The van der Waals surface area contributed by atoms with Crippen molar-refractivity contribution in [1.29, 1.82) is 0 Å². The first-order valence-electron chi connectivity index (χ1n) is 9.05. The third-order valence-electron chi connectivity index (χ3n) is 4.22. The van der Waals surface area contributed by atoms with Crippen LogP contribution in [0.3, 0.4) is 0 Å². The highest BCUT2D eigenvalue weighted by atomic mass is 35.5. The summed E-state index contributed by atoms with van der Waals surface area (Å²) in [5.41, 5.74) is 2.89. The van der Waals surface area contributed by atoms with Gasteiger partial charge < -0.3 is 4.74 Å². The molecule has 2 aromatic carbocycles. The van der Waals surface area contributed by atoms with Gasteiger partial charge in [0.05, 0.1) is 18.1 Å². The number of benzene rings is 2. The fourth-order valence-electron chi connectivity index (χ4n) is 2.88. The summed E-state index contributed by atoms with van der Waals surface area (Å²) in [6.07, 6.45) is 4.15. The van der Waals surface area contributed by atoms with Crippen LogP contribution in [0.25, 0.3) is 5.70 Å². The maximum atomic E-state index is 6.34. The average Bonchev–Trinajstić information content (AvgIpc) is 3.17. The fourth-order valence-corrected chi connectivity index (χ4v) is 3.13. The number of hydrogen-bond donors (Lipinski definition) is 0. The van der Waals surface area contributed by atoms with E-state index in [1.807, 2.05) is 54.7 Å². The monoisotopic (exact) mass is 415 g/mol. The van der Waals surface area contributed by atoms with E-state index in [1.54, 1.807) is 10.9 Å². The van der Waals surface area contributed by atoms with E-state index in [0.29, 0.717) is 23.1 Å². The molecule has 0 radical (unpaired) electrons. The summed E-state index contributed by atoms with van der Waals surface area (Å²) in [6, 6.07) is 15.5. The lowest BCUT2D eigenvalue weighted by Crippen LogP contribution is -2.19. The van der Waals surface area contributed by atoms with Crippen LogP contribution < -0.4 is 0 Å². The van der Waals surface area contributed by atoms with Crippen LogP contribution in [0, 0.1) is 5.41 Å². The molecular formula is C22H23Cl2N3O. The Balaban J connectivity index is 1.97. The summed E-state index contributed by atoms with van der Waals surface area (Å²) in [4.78, 5) is 0. The highest BCUT2D eigenvalue weighted by Crippen LogP contribution is 2.33. The van der Waals surface area contributed by atoms with Crippen molar-refractivity contribution in [2.24, 2.45) is 5.41 Å². The van der Waals surface area contributed by atoms with Crippen molar-refractivity contribution in [2.45, 2.75) is 33.8 Å². The van der Waals surface area contributed by atoms with Crippen LogP contribution >= 0.6 is 23.2 Å². The van der Waals surface area contributed by atoms with E-state index in [9.17, 15) is 0 Å². The first-order valence-corrected chi connectivity index (χ1v) is 9.80. The molecule has 0 saturated heterocycles. The number of rotatable bonds is 6. The van der Waals surface area contributed by atoms with Gasteiger partial charge in [-0.05, 0) is 35.4 Å². The second kappa shape index (κ2) is 8.80. The molecular weight excluding hydrogens is 393 g/mol. The van der Waals surface area contributed by atoms with Gasteiger partial charge in [-0.25, -0.2) is 4.68 Å². The molecule has 0 saturated carbocycles. The smallest absolute Gasteiger partial charge is 0.124 e. The lowest BCUT2D eigenvalue weighted by atomic mass is 9.90. The number of ether oxygens (including phenoxy) is 1. The Bertz CT molecular complexity index is 925. The zero-order valence-corrected chi connectivity index (χ0v) is 17.7. The molecule has 0 aliphatic carbocycles. The van der Waals surface area contributed by atoms with Crippen LogP contribution in [0.1, 0.15) is 31.9 Å². The predicted octanol–water partition coefficient (Wildman–Crippen LogP) is 6.26. The fraction of sp³-hybridized carbons (Fsp3) is 0.273. The molecule has 0 aliphatic rings. The van der Waals surface area contributed by atoms with Crippen molar-refractivity contribution in [1.82, 2.24) is 15.0 Å². The molecule has 4 nitrogen and oxygen atoms in total. The first-order chi connectivity index (χ1) is 13.3. The molecule has 0 spiro atoms. The number of allylic oxidation sites excluding steroid dienone is 2. The second-order valence-electron chi connectivity index (χ2n) is 7.59. The highest BCUT2D eigenvalue weighted by Gasteiger charge is 2.25. The standard InChI is InChI=1S/C22H23Cl2N3O/c1-22(2,3)21(28-15-17-6-10-19(24)11-7-17)20(27-13-12-25-26-27)14-16-4-8-18(23)9-5-16/h4-13H,14-15H2,1-3H3. The van der Waals surface area contributed by atoms with Gasteiger partial charge in [0.2, 0.25) is 0 Å². The summed E-state index contributed by atoms with van der Waals surface area (Å²) in [5, 5.41) is 9.62. The van der Waals surface area contributed by atoms with Crippen LogP contribution in [0.2, 0.25) is 10.0 Å². The van der Waals surface area contributed by atoms with E-state index in [-0.39, 0.29) is 5.41 Å². The molecule has 1 heterocycles. The lowest BCUT2D eigenvalue weighted by Gasteiger charge is -2.27. The first kappa shape index (κ1) is 20.4. The molecule has 146 valence electrons. The minimum atomic E-state index is -0.222. The van der Waals surface area contributed by atoms with Crippen molar-refractivity contribution in [2.75, 3.05) is 0 Å². The van der Waals surface area contributed by atoms with E-state index in [4.69, 9.17) is 27.9 Å². The van der Waals surface area contributed by atoms with Crippen molar-refractivity contribution >= 4 is 28.9 Å². The Hall–Kier alpha value is -2.30. The number of halogens is 2. The third-order valence-corrected chi connectivity index (χ3v) is 4.73. The lowest BCUT2D eigenvalue weighted by molar-refractivity contribution is 0.139. The second-order valence-corrected chi connectivity index (χ2v) is 8.46. The van der Waals surface area contributed by atoms with Gasteiger partial charge in [-0.15, -0.1) is 5.10 Å². The Morgan fingerprint density at radius 2 is 1.50 bits per heavy atom. The zero-order chi connectivity index (χ0) is 20.1. The zero-order valence-electron chi connectivity index (χ0n) is 16.2. The number of aromatic nitrogens is 3. The molecule has 0 amide bonds. The van der Waals surface area contributed by atoms with Gasteiger partial charge in [0.15, 0.2) is 0 Å². The Morgan fingerprint density at radius 3 is 2.00 bits per heavy atom. The molecule has 0 unspecified atom stereocenters. The van der Waals surface area contributed by atoms with E-state index >= 15 is 0 Å². The van der Waals surface area contributed by atoms with Crippen molar-refractivity contribution in [3.8, 4) is 0 Å². The van der Waals surface area contributed by atoms with Crippen LogP contribution in [-0.2, 0) is 17.8 Å². The van der Waals surface area contributed by atoms with E-state index in [0.717, 1.165) is 22.6 Å². The number of nitrogens with zero attached hydrogens (tertiary/aromatic N) is 3. The molecule has 0 aliphatic heterocycles. The molecule has 6 heteroatoms. The van der Waals surface area contributed by atoms with Gasteiger partial charge in [-0.2, -0.15) is 0 Å². The molecule has 0 bridgehead atoms. The third kappa shape index (κ3) is 5.37. The van der Waals surface area contributed by atoms with Crippen LogP contribution in [0.4, 0.5) is 0 Å². The van der Waals surface area contributed by atoms with Gasteiger partial charge in [0.25, 0.3) is 0 Å². The van der Waals surface area contributed by atoms with Crippen LogP contribution in [0.5, 0.6) is 0 Å². The molecule has 28 heavy (non-hydrogen) atoms. The maximum Gasteiger partial charge on any atom is 0.124 e. The van der Waals surface area contributed by atoms with Gasteiger partial charge in [-0.1, -0.05) is 73.5 Å².